The van der Waals surface area contributed by atoms with Crippen LogP contribution in [0.5, 0.6) is 0 Å². The van der Waals surface area contributed by atoms with Gasteiger partial charge in [-0.15, -0.1) is 0 Å². The molecule has 2 heterocycles. The van der Waals surface area contributed by atoms with Crippen molar-refractivity contribution < 1.29 is 23.4 Å². The predicted molar refractivity (Wildman–Crippen MR) is 79.0 cm³/mol. The SMILES string of the molecule is O=C(c1ccc(F)c(F)c1)N1CCN(CC2(CO)COC2)CC1. The Bertz CT molecular complexity index is 579. The molecule has 0 unspecified atom stereocenters. The normalized spacial score (nSPS) is 21.1. The van der Waals surface area contributed by atoms with E-state index >= 15 is 0 Å². The third-order valence-electron chi connectivity index (χ3n) is 4.54. The Labute approximate surface area is 133 Å². The lowest BCUT2D eigenvalue weighted by Gasteiger charge is -2.45. The first kappa shape index (κ1) is 16.3. The molecule has 5 nitrogen and oxygen atoms in total. The highest BCUT2D eigenvalue weighted by Gasteiger charge is 2.40. The maximum absolute atomic E-state index is 13.2. The van der Waals surface area contributed by atoms with Crippen LogP contribution >= 0.6 is 0 Å². The Kier molecular flexibility index (Phi) is 4.61. The average Bonchev–Trinajstić information content (AvgIpc) is 2.53. The summed E-state index contributed by atoms with van der Waals surface area (Å²) in [5, 5.41) is 9.47. The van der Waals surface area contributed by atoms with E-state index in [1.54, 1.807) is 4.90 Å². The van der Waals surface area contributed by atoms with Crippen LogP contribution < -0.4 is 0 Å². The second-order valence-electron chi connectivity index (χ2n) is 6.35. The summed E-state index contributed by atoms with van der Waals surface area (Å²) >= 11 is 0. The topological polar surface area (TPSA) is 53.0 Å². The largest absolute Gasteiger partial charge is 0.396 e. The van der Waals surface area contributed by atoms with E-state index in [1.807, 2.05) is 0 Å². The number of aliphatic hydroxyl groups excluding tert-OH is 1. The van der Waals surface area contributed by atoms with Crippen LogP contribution in [-0.4, -0.2) is 73.4 Å². The second kappa shape index (κ2) is 6.51. The monoisotopic (exact) mass is 326 g/mol. The van der Waals surface area contributed by atoms with E-state index < -0.39 is 11.6 Å². The smallest absolute Gasteiger partial charge is 0.254 e. The summed E-state index contributed by atoms with van der Waals surface area (Å²) in [4.78, 5) is 16.2. The number of piperazine rings is 1. The Morgan fingerprint density at radius 2 is 1.87 bits per heavy atom. The van der Waals surface area contributed by atoms with Crippen molar-refractivity contribution in [3.8, 4) is 0 Å². The molecule has 126 valence electrons. The molecule has 7 heteroatoms. The van der Waals surface area contributed by atoms with Crippen molar-refractivity contribution in [1.82, 2.24) is 9.80 Å². The quantitative estimate of drug-likeness (QED) is 0.886. The summed E-state index contributed by atoms with van der Waals surface area (Å²) in [6, 6.07) is 3.22. The molecule has 2 saturated heterocycles. The van der Waals surface area contributed by atoms with E-state index in [0.29, 0.717) is 39.4 Å². The van der Waals surface area contributed by atoms with Gasteiger partial charge < -0.3 is 14.7 Å². The minimum atomic E-state index is -1.01. The zero-order chi connectivity index (χ0) is 16.4. The van der Waals surface area contributed by atoms with Gasteiger partial charge in [-0.25, -0.2) is 8.78 Å². The third kappa shape index (κ3) is 3.36. The van der Waals surface area contributed by atoms with Gasteiger partial charge in [0.25, 0.3) is 5.91 Å². The van der Waals surface area contributed by atoms with Crippen LogP contribution in [0.2, 0.25) is 0 Å². The summed E-state index contributed by atoms with van der Waals surface area (Å²) < 4.78 is 31.4. The van der Waals surface area contributed by atoms with Crippen molar-refractivity contribution in [1.29, 1.82) is 0 Å². The maximum atomic E-state index is 13.2. The van der Waals surface area contributed by atoms with Gasteiger partial charge in [0.1, 0.15) is 0 Å². The maximum Gasteiger partial charge on any atom is 0.254 e. The van der Waals surface area contributed by atoms with E-state index in [-0.39, 0.29) is 23.5 Å². The van der Waals surface area contributed by atoms with Gasteiger partial charge in [-0.2, -0.15) is 0 Å². The fourth-order valence-electron chi connectivity index (χ4n) is 3.02. The molecule has 0 radical (unpaired) electrons. The molecular formula is C16H20F2N2O3. The number of hydrogen-bond acceptors (Lipinski definition) is 4. The molecule has 1 amide bonds. The van der Waals surface area contributed by atoms with E-state index in [9.17, 15) is 18.7 Å². The summed E-state index contributed by atoms with van der Waals surface area (Å²) in [5.74, 6) is -2.25. The molecule has 0 atom stereocenters. The molecular weight excluding hydrogens is 306 g/mol. The average molecular weight is 326 g/mol. The summed E-state index contributed by atoms with van der Waals surface area (Å²) in [5.41, 5.74) is -0.0108. The molecule has 0 spiro atoms. The van der Waals surface area contributed by atoms with Gasteiger partial charge in [0.2, 0.25) is 0 Å². The van der Waals surface area contributed by atoms with Gasteiger partial charge in [0.05, 0.1) is 25.2 Å². The fraction of sp³-hybridized carbons (Fsp3) is 0.562. The second-order valence-corrected chi connectivity index (χ2v) is 6.35. The molecule has 1 N–H and O–H groups in total. The molecule has 0 saturated carbocycles. The van der Waals surface area contributed by atoms with E-state index in [4.69, 9.17) is 4.74 Å². The number of amides is 1. The van der Waals surface area contributed by atoms with Crippen molar-refractivity contribution in [3.63, 3.8) is 0 Å². The van der Waals surface area contributed by atoms with Gasteiger partial charge in [-0.1, -0.05) is 0 Å². The lowest BCUT2D eigenvalue weighted by molar-refractivity contribution is -0.150. The Balaban J connectivity index is 1.56. The summed E-state index contributed by atoms with van der Waals surface area (Å²) in [6.07, 6.45) is 0. The van der Waals surface area contributed by atoms with Gasteiger partial charge in [0, 0.05) is 38.3 Å². The lowest BCUT2D eigenvalue weighted by Crippen LogP contribution is -2.57. The zero-order valence-corrected chi connectivity index (χ0v) is 12.8. The highest BCUT2D eigenvalue weighted by atomic mass is 19.2. The molecule has 2 aliphatic heterocycles. The first-order valence-corrected chi connectivity index (χ1v) is 7.68. The standard InChI is InChI=1S/C16H20F2N2O3/c17-13-2-1-12(7-14(13)18)15(22)20-5-3-19(4-6-20)8-16(9-21)10-23-11-16/h1-2,7,21H,3-6,8-11H2. The van der Waals surface area contributed by atoms with Crippen molar-refractivity contribution in [2.45, 2.75) is 0 Å². The third-order valence-corrected chi connectivity index (χ3v) is 4.54. The lowest BCUT2D eigenvalue weighted by atomic mass is 9.86. The van der Waals surface area contributed by atoms with Gasteiger partial charge in [0.15, 0.2) is 11.6 Å². The molecule has 2 aliphatic rings. The van der Waals surface area contributed by atoms with E-state index in [1.165, 1.54) is 6.07 Å². The first-order chi connectivity index (χ1) is 11.0. The molecule has 2 fully saturated rings. The van der Waals surface area contributed by atoms with E-state index in [0.717, 1.165) is 18.7 Å². The summed E-state index contributed by atoms with van der Waals surface area (Å²) in [6.45, 7) is 4.42. The minimum absolute atomic E-state index is 0.0982. The van der Waals surface area contributed by atoms with Crippen molar-refractivity contribution in [2.24, 2.45) is 5.41 Å². The summed E-state index contributed by atoms with van der Waals surface area (Å²) in [7, 11) is 0. The highest BCUT2D eigenvalue weighted by Crippen LogP contribution is 2.28. The Hall–Kier alpha value is -1.57. The van der Waals surface area contributed by atoms with Crippen molar-refractivity contribution >= 4 is 5.91 Å². The number of benzene rings is 1. The van der Waals surface area contributed by atoms with Crippen LogP contribution in [0.1, 0.15) is 10.4 Å². The number of rotatable bonds is 4. The van der Waals surface area contributed by atoms with E-state index in [2.05, 4.69) is 4.90 Å². The predicted octanol–water partition coefficient (Wildman–Crippen LogP) is 0.732. The number of carbonyl (C=O) groups excluding carboxylic acids is 1. The number of halogens is 2. The number of carbonyl (C=O) groups is 1. The molecule has 1 aromatic carbocycles. The van der Waals surface area contributed by atoms with Gasteiger partial charge in [-0.05, 0) is 18.2 Å². The molecule has 0 bridgehead atoms. The number of ether oxygens (including phenoxy) is 1. The molecule has 23 heavy (non-hydrogen) atoms. The molecule has 0 aliphatic carbocycles. The van der Waals surface area contributed by atoms with Crippen molar-refractivity contribution in [2.75, 3.05) is 52.5 Å². The number of nitrogens with zero attached hydrogens (tertiary/aromatic N) is 2. The Morgan fingerprint density at radius 3 is 2.39 bits per heavy atom. The molecule has 0 aromatic heterocycles. The van der Waals surface area contributed by atoms with Crippen LogP contribution in [0.3, 0.4) is 0 Å². The zero-order valence-electron chi connectivity index (χ0n) is 12.8. The van der Waals surface area contributed by atoms with Crippen molar-refractivity contribution in [3.05, 3.63) is 35.4 Å². The Morgan fingerprint density at radius 1 is 1.17 bits per heavy atom. The molecule has 3 rings (SSSR count). The van der Waals surface area contributed by atoms with Crippen LogP contribution in [-0.2, 0) is 4.74 Å². The van der Waals surface area contributed by atoms with Crippen LogP contribution in [0.25, 0.3) is 0 Å². The molecule has 1 aromatic rings. The highest BCUT2D eigenvalue weighted by molar-refractivity contribution is 5.94. The first-order valence-electron chi connectivity index (χ1n) is 7.68. The fourth-order valence-corrected chi connectivity index (χ4v) is 3.02. The van der Waals surface area contributed by atoms with Crippen LogP contribution in [0.4, 0.5) is 8.78 Å². The van der Waals surface area contributed by atoms with Crippen LogP contribution in [0.15, 0.2) is 18.2 Å². The van der Waals surface area contributed by atoms with Gasteiger partial charge >= 0.3 is 0 Å². The van der Waals surface area contributed by atoms with Crippen LogP contribution in [0, 0.1) is 17.0 Å². The number of hydrogen-bond donors (Lipinski definition) is 1. The number of aliphatic hydroxyl groups is 1. The van der Waals surface area contributed by atoms with Gasteiger partial charge in [-0.3, -0.25) is 9.69 Å². The minimum Gasteiger partial charge on any atom is -0.396 e.